The summed E-state index contributed by atoms with van der Waals surface area (Å²) in [5.74, 6) is 0.215. The summed E-state index contributed by atoms with van der Waals surface area (Å²) in [7, 11) is 1.29. The highest BCUT2D eigenvalue weighted by atomic mass is 35.5. The number of morpholine rings is 1. The quantitative estimate of drug-likeness (QED) is 0.174. The molecule has 8 nitrogen and oxygen atoms in total. The lowest BCUT2D eigenvalue weighted by molar-refractivity contribution is -0.120. The number of halogens is 1. The molecule has 0 unspecified atom stereocenters. The maximum absolute atomic E-state index is 14.1. The Morgan fingerprint density at radius 1 is 0.933 bits per heavy atom. The Kier molecular flexibility index (Phi) is 12.0. The number of nitrogens with one attached hydrogen (secondary N) is 2. The van der Waals surface area contributed by atoms with Gasteiger partial charge >= 0.3 is 6.09 Å². The summed E-state index contributed by atoms with van der Waals surface area (Å²) in [6, 6.07) is 26.3. The van der Waals surface area contributed by atoms with Crippen molar-refractivity contribution in [1.82, 2.24) is 20.6 Å². The molecule has 1 amide bonds. The molecule has 1 aliphatic rings. The number of benzene rings is 3. The number of Topliss-reactive ketones (excluding diaryl/α,β-unsaturated/α-hetero) is 1. The zero-order chi connectivity index (χ0) is 31.4. The van der Waals surface area contributed by atoms with Gasteiger partial charge in [-0.15, -0.1) is 11.8 Å². The van der Waals surface area contributed by atoms with E-state index in [0.717, 1.165) is 52.0 Å². The molecule has 4 aromatic rings. The first-order valence-corrected chi connectivity index (χ1v) is 16.4. The number of methoxy groups -OCH3 is 1. The van der Waals surface area contributed by atoms with Gasteiger partial charge in [0.1, 0.15) is 6.04 Å². The van der Waals surface area contributed by atoms with Crippen molar-refractivity contribution in [1.29, 1.82) is 0 Å². The number of carbonyl (C=O) groups excluding carboxylic acids is 2. The van der Waals surface area contributed by atoms with Crippen molar-refractivity contribution < 1.29 is 19.1 Å². The van der Waals surface area contributed by atoms with Crippen molar-refractivity contribution in [3.63, 3.8) is 0 Å². The molecule has 3 atom stereocenters. The van der Waals surface area contributed by atoms with Crippen LogP contribution in [0.3, 0.4) is 0 Å². The molecule has 3 aromatic carbocycles. The van der Waals surface area contributed by atoms with E-state index >= 15 is 0 Å². The second-order valence-electron chi connectivity index (χ2n) is 10.8. The minimum absolute atomic E-state index is 0.00871. The molecular weight excluding hydrogens is 608 g/mol. The summed E-state index contributed by atoms with van der Waals surface area (Å²) in [4.78, 5) is 36.9. The van der Waals surface area contributed by atoms with E-state index in [4.69, 9.17) is 21.1 Å². The van der Waals surface area contributed by atoms with E-state index in [2.05, 4.69) is 20.6 Å². The van der Waals surface area contributed by atoms with E-state index in [1.807, 2.05) is 84.9 Å². The molecule has 0 aliphatic carbocycles. The summed E-state index contributed by atoms with van der Waals surface area (Å²) in [5, 5.41) is 7.04. The maximum atomic E-state index is 14.1. The molecule has 2 N–H and O–H groups in total. The standard InChI is InChI=1S/C35H37ClN4O4S/c1-43-35(42)40-34(33(24-8-4-2-5-9-24)25-10-6-3-7-11-25)32(41)20-31-30(38-18-19-39-31)17-14-27-21-37-22-28(44-27)23-45-29-15-12-26(36)13-16-29/h2-13,15-16,18-19,27-28,33-34,37H,14,17,20-23H2,1H3,(H,40,42)/t27-,28+,34-/m1/s1. The van der Waals surface area contributed by atoms with Crippen LogP contribution in [0.2, 0.25) is 5.02 Å². The first-order chi connectivity index (χ1) is 22.0. The fourth-order valence-corrected chi connectivity index (χ4v) is 6.55. The van der Waals surface area contributed by atoms with E-state index in [9.17, 15) is 9.59 Å². The zero-order valence-corrected chi connectivity index (χ0v) is 26.7. The fraction of sp³-hybridized carbons (Fsp3) is 0.314. The predicted molar refractivity (Wildman–Crippen MR) is 177 cm³/mol. The molecule has 2 heterocycles. The van der Waals surface area contributed by atoms with Gasteiger partial charge in [-0.1, -0.05) is 72.3 Å². The van der Waals surface area contributed by atoms with Crippen LogP contribution in [-0.2, 0) is 27.1 Å². The topological polar surface area (TPSA) is 102 Å². The van der Waals surface area contributed by atoms with Gasteiger partial charge in [0.25, 0.3) is 0 Å². The number of nitrogens with zero attached hydrogens (tertiary/aromatic N) is 2. The van der Waals surface area contributed by atoms with Gasteiger partial charge in [-0.25, -0.2) is 4.79 Å². The summed E-state index contributed by atoms with van der Waals surface area (Å²) in [6.45, 7) is 1.54. The van der Waals surface area contributed by atoms with Crippen LogP contribution >= 0.6 is 23.4 Å². The smallest absolute Gasteiger partial charge is 0.407 e. The molecule has 0 radical (unpaired) electrons. The summed E-state index contributed by atoms with van der Waals surface area (Å²) >= 11 is 7.76. The van der Waals surface area contributed by atoms with Crippen LogP contribution in [0.1, 0.15) is 34.9 Å². The molecule has 1 aromatic heterocycles. The number of aryl methyl sites for hydroxylation is 1. The van der Waals surface area contributed by atoms with E-state index in [-0.39, 0.29) is 24.4 Å². The molecule has 0 saturated carbocycles. The lowest BCUT2D eigenvalue weighted by Gasteiger charge is -2.31. The van der Waals surface area contributed by atoms with Crippen LogP contribution < -0.4 is 10.6 Å². The molecule has 1 aliphatic heterocycles. The first kappa shape index (κ1) is 32.6. The summed E-state index contributed by atoms with van der Waals surface area (Å²) in [6.07, 6.45) is 4.01. The third kappa shape index (κ3) is 9.37. The maximum Gasteiger partial charge on any atom is 0.407 e. The lowest BCUT2D eigenvalue weighted by atomic mass is 9.82. The van der Waals surface area contributed by atoms with Crippen molar-refractivity contribution in [3.05, 3.63) is 125 Å². The Hall–Kier alpha value is -3.76. The fourth-order valence-electron chi connectivity index (χ4n) is 5.52. The number of hydrogen-bond donors (Lipinski definition) is 2. The van der Waals surface area contributed by atoms with Crippen molar-refractivity contribution in [2.75, 3.05) is 26.0 Å². The summed E-state index contributed by atoms with van der Waals surface area (Å²) < 4.78 is 11.3. The Morgan fingerprint density at radius 2 is 1.56 bits per heavy atom. The number of carbonyl (C=O) groups is 2. The number of hydrogen-bond acceptors (Lipinski definition) is 8. The van der Waals surface area contributed by atoms with Crippen LogP contribution in [0, 0.1) is 0 Å². The van der Waals surface area contributed by atoms with Gasteiger partial charge in [-0.3, -0.25) is 14.8 Å². The lowest BCUT2D eigenvalue weighted by Crippen LogP contribution is -2.46. The second kappa shape index (κ2) is 16.5. The number of rotatable bonds is 13. The third-order valence-electron chi connectivity index (χ3n) is 7.74. The highest BCUT2D eigenvalue weighted by Crippen LogP contribution is 2.30. The van der Waals surface area contributed by atoms with Crippen molar-refractivity contribution >= 4 is 35.2 Å². The largest absolute Gasteiger partial charge is 0.453 e. The highest BCUT2D eigenvalue weighted by Gasteiger charge is 2.33. The van der Waals surface area contributed by atoms with Crippen LogP contribution in [0.15, 0.2) is 102 Å². The van der Waals surface area contributed by atoms with Crippen molar-refractivity contribution in [2.24, 2.45) is 0 Å². The Bertz CT molecular complexity index is 1490. The monoisotopic (exact) mass is 644 g/mol. The average molecular weight is 645 g/mol. The molecule has 5 rings (SSSR count). The number of ether oxygens (including phenoxy) is 2. The van der Waals surface area contributed by atoms with E-state index in [1.165, 1.54) is 7.11 Å². The number of amides is 1. The molecule has 1 fully saturated rings. The van der Waals surface area contributed by atoms with Gasteiger partial charge < -0.3 is 20.1 Å². The minimum Gasteiger partial charge on any atom is -0.453 e. The first-order valence-electron chi connectivity index (χ1n) is 15.0. The molecule has 45 heavy (non-hydrogen) atoms. The van der Waals surface area contributed by atoms with E-state index in [1.54, 1.807) is 24.2 Å². The van der Waals surface area contributed by atoms with Crippen LogP contribution in [-0.4, -0.2) is 66.0 Å². The predicted octanol–water partition coefficient (Wildman–Crippen LogP) is 5.88. The molecule has 234 valence electrons. The Labute approximate surface area is 273 Å². The van der Waals surface area contributed by atoms with Gasteiger partial charge in [0.15, 0.2) is 5.78 Å². The van der Waals surface area contributed by atoms with Crippen molar-refractivity contribution in [2.45, 2.75) is 48.3 Å². The minimum atomic E-state index is -0.887. The molecule has 10 heteroatoms. The number of alkyl carbamates (subject to hydrolysis) is 1. The van der Waals surface area contributed by atoms with Gasteiger partial charge in [-0.05, 0) is 48.2 Å². The SMILES string of the molecule is COC(=O)N[C@H](C(=O)Cc1nccnc1CC[C@@H]1CNC[C@@H](CSc2ccc(Cl)cc2)O1)C(c1ccccc1)c1ccccc1. The number of ketones is 1. The summed E-state index contributed by atoms with van der Waals surface area (Å²) in [5.41, 5.74) is 3.16. The van der Waals surface area contributed by atoms with Crippen LogP contribution in [0.5, 0.6) is 0 Å². The number of aromatic nitrogens is 2. The highest BCUT2D eigenvalue weighted by molar-refractivity contribution is 7.99. The normalized spacial score (nSPS) is 17.0. The average Bonchev–Trinajstić information content (AvgIpc) is 3.08. The van der Waals surface area contributed by atoms with Crippen LogP contribution in [0.4, 0.5) is 4.79 Å². The van der Waals surface area contributed by atoms with Crippen LogP contribution in [0.25, 0.3) is 0 Å². The molecule has 0 spiro atoms. The molecular formula is C35H37ClN4O4S. The zero-order valence-electron chi connectivity index (χ0n) is 25.1. The van der Waals surface area contributed by atoms with Crippen molar-refractivity contribution in [3.8, 4) is 0 Å². The van der Waals surface area contributed by atoms with E-state index in [0.29, 0.717) is 12.1 Å². The van der Waals surface area contributed by atoms with Gasteiger partial charge in [0.05, 0.1) is 37.1 Å². The third-order valence-corrected chi connectivity index (χ3v) is 9.14. The molecule has 1 saturated heterocycles. The molecule has 0 bridgehead atoms. The number of thioether (sulfide) groups is 1. The Balaban J connectivity index is 1.27. The van der Waals surface area contributed by atoms with E-state index < -0.39 is 18.1 Å². The van der Waals surface area contributed by atoms with Gasteiger partial charge in [0.2, 0.25) is 0 Å². The second-order valence-corrected chi connectivity index (χ2v) is 12.4. The van der Waals surface area contributed by atoms with Gasteiger partial charge in [-0.2, -0.15) is 0 Å². The van der Waals surface area contributed by atoms with Gasteiger partial charge in [0, 0.05) is 47.1 Å². The Morgan fingerprint density at radius 3 is 2.20 bits per heavy atom.